The Labute approximate surface area is 161 Å². The van der Waals surface area contributed by atoms with Crippen LogP contribution in [-0.4, -0.2) is 55.9 Å². The molecular formula is C17H29IN4S. The molecule has 4 nitrogen and oxygen atoms in total. The van der Waals surface area contributed by atoms with Crippen LogP contribution in [-0.2, 0) is 0 Å². The molecule has 130 valence electrons. The standard InChI is InChI=1S/C17H28N4S.HI/c1-14(22-16-9-5-4-6-10-16)12-19-17(18-2)20-13-15-8-7-11-21(15)3;/h4-6,9-10,14-15H,7-8,11-13H2,1-3H3,(H2,18,19,20);1H. The highest BCUT2D eigenvalue weighted by atomic mass is 127. The molecule has 0 amide bonds. The smallest absolute Gasteiger partial charge is 0.191 e. The van der Waals surface area contributed by atoms with Crippen LogP contribution >= 0.6 is 35.7 Å². The van der Waals surface area contributed by atoms with Gasteiger partial charge in [0.05, 0.1) is 0 Å². The Morgan fingerprint density at radius 2 is 2.09 bits per heavy atom. The molecule has 0 aliphatic carbocycles. The first-order valence-corrected chi connectivity index (χ1v) is 8.93. The third kappa shape index (κ3) is 7.30. The summed E-state index contributed by atoms with van der Waals surface area (Å²) in [4.78, 5) is 8.06. The minimum absolute atomic E-state index is 0. The molecule has 2 N–H and O–H groups in total. The Morgan fingerprint density at radius 3 is 2.70 bits per heavy atom. The van der Waals surface area contributed by atoms with Crippen LogP contribution in [0.25, 0.3) is 0 Å². The molecule has 0 spiro atoms. The number of likely N-dealkylation sites (tertiary alicyclic amines) is 1. The minimum Gasteiger partial charge on any atom is -0.355 e. The first-order chi connectivity index (χ1) is 10.7. The maximum Gasteiger partial charge on any atom is 0.191 e. The Bertz CT molecular complexity index is 469. The van der Waals surface area contributed by atoms with Crippen LogP contribution in [0.3, 0.4) is 0 Å². The number of likely N-dealkylation sites (N-methyl/N-ethyl adjacent to an activating group) is 1. The van der Waals surface area contributed by atoms with Crippen molar-refractivity contribution in [2.24, 2.45) is 4.99 Å². The Kier molecular flexibility index (Phi) is 9.97. The van der Waals surface area contributed by atoms with Gasteiger partial charge in [0.25, 0.3) is 0 Å². The van der Waals surface area contributed by atoms with Crippen molar-refractivity contribution < 1.29 is 0 Å². The zero-order chi connectivity index (χ0) is 15.8. The Balaban J connectivity index is 0.00000264. The van der Waals surface area contributed by atoms with Crippen LogP contribution in [0.2, 0.25) is 0 Å². The van der Waals surface area contributed by atoms with Crippen molar-refractivity contribution in [3.05, 3.63) is 30.3 Å². The van der Waals surface area contributed by atoms with E-state index < -0.39 is 0 Å². The highest BCUT2D eigenvalue weighted by molar-refractivity contribution is 14.0. The monoisotopic (exact) mass is 448 g/mol. The van der Waals surface area contributed by atoms with Crippen LogP contribution in [0.4, 0.5) is 0 Å². The van der Waals surface area contributed by atoms with Gasteiger partial charge in [0.15, 0.2) is 5.96 Å². The van der Waals surface area contributed by atoms with Crippen molar-refractivity contribution in [2.75, 3.05) is 33.7 Å². The third-order valence-corrected chi connectivity index (χ3v) is 5.15. The molecule has 0 bridgehead atoms. The molecule has 1 fully saturated rings. The number of guanidine groups is 1. The molecule has 6 heteroatoms. The zero-order valence-electron chi connectivity index (χ0n) is 14.3. The lowest BCUT2D eigenvalue weighted by atomic mass is 10.2. The highest BCUT2D eigenvalue weighted by Gasteiger charge is 2.20. The van der Waals surface area contributed by atoms with Crippen molar-refractivity contribution in [3.8, 4) is 0 Å². The van der Waals surface area contributed by atoms with Crippen LogP contribution in [0.5, 0.6) is 0 Å². The van der Waals surface area contributed by atoms with E-state index in [1.54, 1.807) is 0 Å². The molecule has 1 aromatic carbocycles. The number of nitrogens with one attached hydrogen (secondary N) is 2. The van der Waals surface area contributed by atoms with Gasteiger partial charge in [0.1, 0.15) is 0 Å². The van der Waals surface area contributed by atoms with Crippen LogP contribution in [0.15, 0.2) is 40.2 Å². The van der Waals surface area contributed by atoms with E-state index in [0.29, 0.717) is 11.3 Å². The van der Waals surface area contributed by atoms with Crippen molar-refractivity contribution in [3.63, 3.8) is 0 Å². The van der Waals surface area contributed by atoms with E-state index in [0.717, 1.165) is 19.0 Å². The topological polar surface area (TPSA) is 39.7 Å². The lowest BCUT2D eigenvalue weighted by molar-refractivity contribution is 0.309. The van der Waals surface area contributed by atoms with Gasteiger partial charge in [0.2, 0.25) is 0 Å². The summed E-state index contributed by atoms with van der Waals surface area (Å²) in [7, 11) is 4.04. The average molecular weight is 448 g/mol. The largest absolute Gasteiger partial charge is 0.355 e. The number of hydrogen-bond acceptors (Lipinski definition) is 3. The fourth-order valence-electron chi connectivity index (χ4n) is 2.69. The summed E-state index contributed by atoms with van der Waals surface area (Å²) in [6.07, 6.45) is 2.58. The van der Waals surface area contributed by atoms with Crippen LogP contribution < -0.4 is 10.6 Å². The normalized spacial score (nSPS) is 20.0. The van der Waals surface area contributed by atoms with Crippen molar-refractivity contribution in [2.45, 2.75) is 36.0 Å². The molecule has 0 aromatic heterocycles. The molecule has 1 aliphatic rings. The second kappa shape index (κ2) is 11.1. The highest BCUT2D eigenvalue weighted by Crippen LogP contribution is 2.21. The molecule has 1 heterocycles. The number of hydrogen-bond donors (Lipinski definition) is 2. The summed E-state index contributed by atoms with van der Waals surface area (Å²) in [6, 6.07) is 11.2. The molecule has 23 heavy (non-hydrogen) atoms. The molecular weight excluding hydrogens is 419 g/mol. The van der Waals surface area contributed by atoms with E-state index >= 15 is 0 Å². The van der Waals surface area contributed by atoms with E-state index in [-0.39, 0.29) is 24.0 Å². The fraction of sp³-hybridized carbons (Fsp3) is 0.588. The molecule has 0 radical (unpaired) electrons. The number of thioether (sulfide) groups is 1. The molecule has 2 unspecified atom stereocenters. The van der Waals surface area contributed by atoms with E-state index in [2.05, 4.69) is 64.8 Å². The molecule has 1 saturated heterocycles. The molecule has 2 atom stereocenters. The zero-order valence-corrected chi connectivity index (χ0v) is 17.4. The Hall–Kier alpha value is -0.470. The molecule has 1 aliphatic heterocycles. The SMILES string of the molecule is CN=C(NCC(C)Sc1ccccc1)NCC1CCCN1C.I. The maximum absolute atomic E-state index is 4.32. The first-order valence-electron chi connectivity index (χ1n) is 8.05. The van der Waals surface area contributed by atoms with Gasteiger partial charge in [-0.25, -0.2) is 0 Å². The summed E-state index contributed by atoms with van der Waals surface area (Å²) in [5.74, 6) is 0.904. The molecule has 1 aromatic rings. The van der Waals surface area contributed by atoms with Crippen molar-refractivity contribution in [1.29, 1.82) is 0 Å². The van der Waals surface area contributed by atoms with E-state index in [9.17, 15) is 0 Å². The second-order valence-electron chi connectivity index (χ2n) is 5.85. The summed E-state index contributed by atoms with van der Waals surface area (Å²) in [5, 5.41) is 7.37. The van der Waals surface area contributed by atoms with Gasteiger partial charge < -0.3 is 15.5 Å². The summed E-state index contributed by atoms with van der Waals surface area (Å²) in [6.45, 7) is 5.32. The van der Waals surface area contributed by atoms with E-state index in [4.69, 9.17) is 0 Å². The summed E-state index contributed by atoms with van der Waals surface area (Å²) in [5.41, 5.74) is 0. The third-order valence-electron chi connectivity index (χ3n) is 4.04. The van der Waals surface area contributed by atoms with Crippen LogP contribution in [0.1, 0.15) is 19.8 Å². The van der Waals surface area contributed by atoms with Gasteiger partial charge >= 0.3 is 0 Å². The van der Waals surface area contributed by atoms with Gasteiger partial charge in [-0.3, -0.25) is 4.99 Å². The van der Waals surface area contributed by atoms with Gasteiger partial charge in [-0.2, -0.15) is 0 Å². The number of aliphatic imine (C=N–C) groups is 1. The molecule has 0 saturated carbocycles. The lowest BCUT2D eigenvalue weighted by Crippen LogP contribution is -2.45. The predicted molar refractivity (Wildman–Crippen MR) is 112 cm³/mol. The number of nitrogens with zero attached hydrogens (tertiary/aromatic N) is 2. The number of rotatable bonds is 6. The van der Waals surface area contributed by atoms with Crippen LogP contribution in [0, 0.1) is 0 Å². The first kappa shape index (κ1) is 20.6. The van der Waals surface area contributed by atoms with Gasteiger partial charge in [0, 0.05) is 36.3 Å². The summed E-state index contributed by atoms with van der Waals surface area (Å²) < 4.78 is 0. The second-order valence-corrected chi connectivity index (χ2v) is 7.36. The molecule has 2 rings (SSSR count). The number of benzene rings is 1. The predicted octanol–water partition coefficient (Wildman–Crippen LogP) is 3.04. The Morgan fingerprint density at radius 1 is 1.35 bits per heavy atom. The van der Waals surface area contributed by atoms with Gasteiger partial charge in [-0.15, -0.1) is 35.7 Å². The summed E-state index contributed by atoms with van der Waals surface area (Å²) >= 11 is 1.89. The lowest BCUT2D eigenvalue weighted by Gasteiger charge is -2.22. The average Bonchev–Trinajstić information content (AvgIpc) is 2.94. The van der Waals surface area contributed by atoms with E-state index in [1.165, 1.54) is 24.3 Å². The quantitative estimate of drug-likeness (QED) is 0.304. The van der Waals surface area contributed by atoms with Gasteiger partial charge in [-0.05, 0) is 38.6 Å². The minimum atomic E-state index is 0. The van der Waals surface area contributed by atoms with Crippen molar-refractivity contribution in [1.82, 2.24) is 15.5 Å². The fourth-order valence-corrected chi connectivity index (χ4v) is 3.63. The van der Waals surface area contributed by atoms with Gasteiger partial charge in [-0.1, -0.05) is 25.1 Å². The number of halogens is 1. The van der Waals surface area contributed by atoms with Crippen molar-refractivity contribution >= 4 is 41.7 Å². The van der Waals surface area contributed by atoms with E-state index in [1.807, 2.05) is 18.8 Å². The maximum atomic E-state index is 4.32.